The van der Waals surface area contributed by atoms with Crippen molar-refractivity contribution in [3.05, 3.63) is 22.0 Å². The first-order valence-corrected chi connectivity index (χ1v) is 10.3. The third kappa shape index (κ3) is 4.04. The van der Waals surface area contributed by atoms with Gasteiger partial charge in [0.2, 0.25) is 5.89 Å². The average Bonchev–Trinajstić information content (AvgIpc) is 3.09. The van der Waals surface area contributed by atoms with Crippen LogP contribution in [0.5, 0.6) is 0 Å². The van der Waals surface area contributed by atoms with E-state index in [4.69, 9.17) is 4.42 Å². The number of thioether (sulfide) groups is 1. The van der Waals surface area contributed by atoms with Gasteiger partial charge in [0, 0.05) is 17.6 Å². The molecule has 1 aliphatic rings. The molecule has 1 saturated heterocycles. The summed E-state index contributed by atoms with van der Waals surface area (Å²) in [4.78, 5) is 4.37. The van der Waals surface area contributed by atoms with Gasteiger partial charge in [-0.25, -0.2) is 13.4 Å². The number of nitrogens with zero attached hydrogens (tertiary/aromatic N) is 3. The van der Waals surface area contributed by atoms with E-state index in [1.54, 1.807) is 11.3 Å². The summed E-state index contributed by atoms with van der Waals surface area (Å²) in [5.41, 5.74) is 1.00. The molecule has 114 valence electrons. The van der Waals surface area contributed by atoms with Crippen molar-refractivity contribution in [2.75, 3.05) is 11.5 Å². The van der Waals surface area contributed by atoms with Gasteiger partial charge in [0.25, 0.3) is 5.22 Å². The van der Waals surface area contributed by atoms with Gasteiger partial charge >= 0.3 is 0 Å². The fourth-order valence-electron chi connectivity index (χ4n) is 2.27. The molecule has 3 heterocycles. The quantitative estimate of drug-likeness (QED) is 0.767. The number of aromatic nitrogens is 3. The first kappa shape index (κ1) is 15.0. The molecule has 0 amide bonds. The Hall–Kier alpha value is -0.930. The highest BCUT2D eigenvalue weighted by molar-refractivity contribution is 7.98. The number of sulfone groups is 1. The molecule has 3 rings (SSSR count). The SMILES string of the molecule is Cc1nc(CSc2nnc(C[C@@H]3CCS(=O)(=O)C3)o2)cs1. The Morgan fingerprint density at radius 3 is 3.00 bits per heavy atom. The summed E-state index contributed by atoms with van der Waals surface area (Å²) >= 11 is 3.07. The molecular weight excluding hydrogens is 330 g/mol. The summed E-state index contributed by atoms with van der Waals surface area (Å²) in [6, 6.07) is 0. The summed E-state index contributed by atoms with van der Waals surface area (Å²) in [7, 11) is -2.85. The molecule has 2 aromatic rings. The molecule has 1 atom stereocenters. The molecule has 0 bridgehead atoms. The molecule has 0 N–H and O–H groups in total. The number of thiazole rings is 1. The second kappa shape index (κ2) is 6.05. The van der Waals surface area contributed by atoms with Crippen LogP contribution >= 0.6 is 23.1 Å². The van der Waals surface area contributed by atoms with E-state index in [0.717, 1.165) is 10.7 Å². The minimum Gasteiger partial charge on any atom is -0.416 e. The predicted octanol–water partition coefficient (Wildman–Crippen LogP) is 2.10. The second-order valence-corrected chi connectivity index (χ2v) is 9.30. The van der Waals surface area contributed by atoms with Crippen LogP contribution in [0.3, 0.4) is 0 Å². The maximum atomic E-state index is 11.4. The number of rotatable bonds is 5. The highest BCUT2D eigenvalue weighted by Gasteiger charge is 2.29. The van der Waals surface area contributed by atoms with Crippen molar-refractivity contribution in [3.63, 3.8) is 0 Å². The zero-order valence-electron chi connectivity index (χ0n) is 11.5. The van der Waals surface area contributed by atoms with Gasteiger partial charge in [-0.1, -0.05) is 11.8 Å². The van der Waals surface area contributed by atoms with Gasteiger partial charge in [0.15, 0.2) is 9.84 Å². The van der Waals surface area contributed by atoms with Crippen LogP contribution in [-0.2, 0) is 22.0 Å². The Morgan fingerprint density at radius 1 is 1.48 bits per heavy atom. The van der Waals surface area contributed by atoms with Crippen molar-refractivity contribution in [2.45, 2.75) is 30.7 Å². The van der Waals surface area contributed by atoms with Gasteiger partial charge in [-0.15, -0.1) is 21.5 Å². The van der Waals surface area contributed by atoms with E-state index < -0.39 is 9.84 Å². The van der Waals surface area contributed by atoms with E-state index in [9.17, 15) is 8.42 Å². The Kier molecular flexibility index (Phi) is 4.32. The number of hydrogen-bond acceptors (Lipinski definition) is 8. The van der Waals surface area contributed by atoms with Crippen LogP contribution in [0, 0.1) is 12.8 Å². The van der Waals surface area contributed by atoms with E-state index >= 15 is 0 Å². The lowest BCUT2D eigenvalue weighted by Crippen LogP contribution is -2.07. The molecule has 2 aromatic heterocycles. The topological polar surface area (TPSA) is 86.0 Å². The Balaban J connectivity index is 1.54. The van der Waals surface area contributed by atoms with Gasteiger partial charge < -0.3 is 4.42 Å². The largest absolute Gasteiger partial charge is 0.416 e. The molecule has 1 fully saturated rings. The molecule has 0 aliphatic carbocycles. The maximum absolute atomic E-state index is 11.4. The van der Waals surface area contributed by atoms with E-state index in [0.29, 0.717) is 29.7 Å². The van der Waals surface area contributed by atoms with Crippen molar-refractivity contribution in [2.24, 2.45) is 5.92 Å². The van der Waals surface area contributed by atoms with E-state index in [-0.39, 0.29) is 17.4 Å². The summed E-state index contributed by atoms with van der Waals surface area (Å²) in [5, 5.41) is 11.6. The van der Waals surface area contributed by atoms with Gasteiger partial charge in [0.05, 0.1) is 22.2 Å². The highest BCUT2D eigenvalue weighted by atomic mass is 32.2. The molecule has 9 heteroatoms. The monoisotopic (exact) mass is 345 g/mol. The summed E-state index contributed by atoms with van der Waals surface area (Å²) < 4.78 is 28.4. The summed E-state index contributed by atoms with van der Waals surface area (Å²) in [6.45, 7) is 1.97. The van der Waals surface area contributed by atoms with Crippen LogP contribution < -0.4 is 0 Å². The Morgan fingerprint density at radius 2 is 2.33 bits per heavy atom. The molecule has 0 spiro atoms. The molecule has 0 saturated carbocycles. The third-order valence-corrected chi connectivity index (χ3v) is 6.76. The zero-order chi connectivity index (χ0) is 14.9. The van der Waals surface area contributed by atoms with Crippen LogP contribution in [0.2, 0.25) is 0 Å². The van der Waals surface area contributed by atoms with Crippen molar-refractivity contribution < 1.29 is 12.8 Å². The first-order valence-electron chi connectivity index (χ1n) is 6.57. The average molecular weight is 345 g/mol. The highest BCUT2D eigenvalue weighted by Crippen LogP contribution is 2.25. The Bertz CT molecular complexity index is 723. The third-order valence-electron chi connectivity index (χ3n) is 3.25. The van der Waals surface area contributed by atoms with Crippen LogP contribution in [0.4, 0.5) is 0 Å². The lowest BCUT2D eigenvalue weighted by atomic mass is 10.1. The Labute approximate surface area is 131 Å². The summed E-state index contributed by atoms with van der Waals surface area (Å²) in [6.07, 6.45) is 1.23. The minimum absolute atomic E-state index is 0.106. The van der Waals surface area contributed by atoms with Crippen LogP contribution in [-0.4, -0.2) is 35.1 Å². The number of aryl methyl sites for hydroxylation is 1. The van der Waals surface area contributed by atoms with Gasteiger partial charge in [-0.2, -0.15) is 0 Å². The van der Waals surface area contributed by atoms with Gasteiger partial charge in [-0.05, 0) is 19.3 Å². The lowest BCUT2D eigenvalue weighted by molar-refractivity contribution is 0.389. The van der Waals surface area contributed by atoms with Gasteiger partial charge in [-0.3, -0.25) is 0 Å². The lowest BCUT2D eigenvalue weighted by Gasteiger charge is -2.01. The van der Waals surface area contributed by atoms with E-state index in [1.807, 2.05) is 12.3 Å². The minimum atomic E-state index is -2.85. The van der Waals surface area contributed by atoms with Crippen molar-refractivity contribution in [1.29, 1.82) is 0 Å². The van der Waals surface area contributed by atoms with Crippen LogP contribution in [0.15, 0.2) is 15.0 Å². The van der Waals surface area contributed by atoms with E-state index in [1.165, 1.54) is 11.8 Å². The molecule has 21 heavy (non-hydrogen) atoms. The molecule has 0 aromatic carbocycles. The summed E-state index contributed by atoms with van der Waals surface area (Å²) in [5.74, 6) is 1.83. The molecule has 0 unspecified atom stereocenters. The van der Waals surface area contributed by atoms with Crippen LogP contribution in [0.25, 0.3) is 0 Å². The van der Waals surface area contributed by atoms with Crippen molar-refractivity contribution in [3.8, 4) is 0 Å². The molecular formula is C12H15N3O3S3. The standard InChI is InChI=1S/C12H15N3O3S3/c1-8-13-10(5-19-8)6-20-12-15-14-11(18-12)4-9-2-3-21(16,17)7-9/h5,9H,2-4,6-7H2,1H3/t9-/m0/s1. The molecule has 0 radical (unpaired) electrons. The smallest absolute Gasteiger partial charge is 0.276 e. The fraction of sp³-hybridized carbons (Fsp3) is 0.583. The molecule has 6 nitrogen and oxygen atoms in total. The zero-order valence-corrected chi connectivity index (χ0v) is 13.9. The normalized spacial score (nSPS) is 20.9. The van der Waals surface area contributed by atoms with Crippen LogP contribution in [0.1, 0.15) is 23.0 Å². The number of hydrogen-bond donors (Lipinski definition) is 0. The molecule has 1 aliphatic heterocycles. The van der Waals surface area contributed by atoms with E-state index in [2.05, 4.69) is 15.2 Å². The van der Waals surface area contributed by atoms with Crippen molar-refractivity contribution in [1.82, 2.24) is 15.2 Å². The first-order chi connectivity index (χ1) is 10.00. The fourth-order valence-corrected chi connectivity index (χ4v) is 5.52. The predicted molar refractivity (Wildman–Crippen MR) is 81.2 cm³/mol. The van der Waals surface area contributed by atoms with Crippen molar-refractivity contribution >= 4 is 32.9 Å². The second-order valence-electron chi connectivity index (χ2n) is 5.08. The maximum Gasteiger partial charge on any atom is 0.276 e. The van der Waals surface area contributed by atoms with Gasteiger partial charge in [0.1, 0.15) is 0 Å².